The van der Waals surface area contributed by atoms with Crippen LogP contribution in [-0.2, 0) is 4.79 Å². The van der Waals surface area contributed by atoms with Crippen LogP contribution in [0.4, 0.5) is 0 Å². The first kappa shape index (κ1) is 16.0. The molecule has 0 spiro atoms. The first-order valence-electron chi connectivity index (χ1n) is 7.99. The molecule has 1 aliphatic rings. The fourth-order valence-electron chi connectivity index (χ4n) is 2.93. The van der Waals surface area contributed by atoms with E-state index in [1.165, 1.54) is 11.1 Å². The molecule has 2 rings (SSSR count). The van der Waals surface area contributed by atoms with Crippen LogP contribution in [0.25, 0.3) is 0 Å². The van der Waals surface area contributed by atoms with E-state index in [-0.39, 0.29) is 24.3 Å². The highest BCUT2D eigenvalue weighted by Crippen LogP contribution is 2.24. The van der Waals surface area contributed by atoms with Crippen LogP contribution in [0, 0.1) is 5.92 Å². The van der Waals surface area contributed by atoms with Gasteiger partial charge in [0.15, 0.2) is 0 Å². The normalized spacial score (nSPS) is 20.0. The van der Waals surface area contributed by atoms with Gasteiger partial charge in [-0.15, -0.1) is 0 Å². The molecule has 21 heavy (non-hydrogen) atoms. The number of amides is 1. The van der Waals surface area contributed by atoms with Crippen LogP contribution in [0.2, 0.25) is 0 Å². The van der Waals surface area contributed by atoms with E-state index in [1.54, 1.807) is 0 Å². The highest BCUT2D eigenvalue weighted by atomic mass is 16.3. The molecule has 2 unspecified atom stereocenters. The first-order valence-corrected chi connectivity index (χ1v) is 7.99. The Balaban J connectivity index is 1.91. The lowest BCUT2D eigenvalue weighted by molar-refractivity contribution is -0.130. The zero-order valence-electron chi connectivity index (χ0n) is 13.4. The maximum atomic E-state index is 12.3. The summed E-state index contributed by atoms with van der Waals surface area (Å²) in [5, 5.41) is 9.16. The van der Waals surface area contributed by atoms with E-state index < -0.39 is 0 Å². The Morgan fingerprint density at radius 2 is 1.86 bits per heavy atom. The Morgan fingerprint density at radius 1 is 1.24 bits per heavy atom. The molecule has 3 nitrogen and oxygen atoms in total. The summed E-state index contributed by atoms with van der Waals surface area (Å²) >= 11 is 0. The van der Waals surface area contributed by atoms with Gasteiger partial charge >= 0.3 is 0 Å². The van der Waals surface area contributed by atoms with Gasteiger partial charge in [-0.25, -0.2) is 0 Å². The smallest absolute Gasteiger partial charge is 0.223 e. The van der Waals surface area contributed by atoms with Crippen molar-refractivity contribution >= 4 is 5.91 Å². The molecule has 3 heteroatoms. The van der Waals surface area contributed by atoms with Gasteiger partial charge in [0.2, 0.25) is 5.91 Å². The van der Waals surface area contributed by atoms with Gasteiger partial charge in [-0.1, -0.05) is 45.0 Å². The van der Waals surface area contributed by atoms with E-state index in [9.17, 15) is 4.79 Å². The van der Waals surface area contributed by atoms with Crippen molar-refractivity contribution in [1.29, 1.82) is 0 Å². The van der Waals surface area contributed by atoms with E-state index in [2.05, 4.69) is 45.0 Å². The Morgan fingerprint density at radius 3 is 2.38 bits per heavy atom. The standard InChI is InChI=1S/C18H27NO2/c1-13(2)16-4-6-17(7-5-16)14(3)10-18(21)19-9-8-15(11-19)12-20/h4-7,13-15,20H,8-12H2,1-3H3. The predicted molar refractivity (Wildman–Crippen MR) is 85.3 cm³/mol. The molecule has 0 aromatic heterocycles. The second kappa shape index (κ2) is 7.08. The van der Waals surface area contributed by atoms with E-state index in [4.69, 9.17) is 5.11 Å². The van der Waals surface area contributed by atoms with E-state index >= 15 is 0 Å². The lowest BCUT2D eigenvalue weighted by Crippen LogP contribution is -2.29. The third-order valence-electron chi connectivity index (χ3n) is 4.55. The van der Waals surface area contributed by atoms with Gasteiger partial charge < -0.3 is 10.0 Å². The van der Waals surface area contributed by atoms with Crippen molar-refractivity contribution in [3.63, 3.8) is 0 Å². The average Bonchev–Trinajstić information content (AvgIpc) is 2.96. The van der Waals surface area contributed by atoms with Crippen LogP contribution in [0.15, 0.2) is 24.3 Å². The van der Waals surface area contributed by atoms with Crippen molar-refractivity contribution < 1.29 is 9.90 Å². The summed E-state index contributed by atoms with van der Waals surface area (Å²) in [5.74, 6) is 1.27. The van der Waals surface area contributed by atoms with Crippen LogP contribution in [0.5, 0.6) is 0 Å². The Labute approximate surface area is 128 Å². The molecule has 1 aromatic rings. The van der Waals surface area contributed by atoms with Crippen molar-refractivity contribution in [2.75, 3.05) is 19.7 Å². The number of benzene rings is 1. The molecule has 0 radical (unpaired) electrons. The van der Waals surface area contributed by atoms with E-state index in [0.717, 1.165) is 13.0 Å². The Kier molecular flexibility index (Phi) is 5.40. The maximum absolute atomic E-state index is 12.3. The molecule has 1 heterocycles. The van der Waals surface area contributed by atoms with Gasteiger partial charge in [-0.05, 0) is 29.4 Å². The summed E-state index contributed by atoms with van der Waals surface area (Å²) < 4.78 is 0. The zero-order valence-corrected chi connectivity index (χ0v) is 13.4. The lowest BCUT2D eigenvalue weighted by atomic mass is 9.94. The maximum Gasteiger partial charge on any atom is 0.223 e. The van der Waals surface area contributed by atoms with E-state index in [1.807, 2.05) is 4.90 Å². The number of rotatable bonds is 5. The van der Waals surface area contributed by atoms with Crippen LogP contribution >= 0.6 is 0 Å². The highest BCUT2D eigenvalue weighted by Gasteiger charge is 2.26. The van der Waals surface area contributed by atoms with Crippen LogP contribution in [0.1, 0.15) is 56.6 Å². The van der Waals surface area contributed by atoms with Gasteiger partial charge in [0.05, 0.1) is 0 Å². The fourth-order valence-corrected chi connectivity index (χ4v) is 2.93. The highest BCUT2D eigenvalue weighted by molar-refractivity contribution is 5.77. The average molecular weight is 289 g/mol. The number of aliphatic hydroxyl groups excluding tert-OH is 1. The van der Waals surface area contributed by atoms with E-state index in [0.29, 0.717) is 18.9 Å². The summed E-state index contributed by atoms with van der Waals surface area (Å²) in [7, 11) is 0. The van der Waals surface area contributed by atoms with Crippen LogP contribution in [0.3, 0.4) is 0 Å². The largest absolute Gasteiger partial charge is 0.396 e. The molecule has 1 saturated heterocycles. The minimum Gasteiger partial charge on any atom is -0.396 e. The number of hydrogen-bond donors (Lipinski definition) is 1. The molecule has 0 saturated carbocycles. The fraction of sp³-hybridized carbons (Fsp3) is 0.611. The van der Waals surface area contributed by atoms with Crippen LogP contribution < -0.4 is 0 Å². The number of aliphatic hydroxyl groups is 1. The number of likely N-dealkylation sites (tertiary alicyclic amines) is 1. The van der Waals surface area contributed by atoms with Crippen molar-refractivity contribution in [1.82, 2.24) is 4.90 Å². The molecule has 1 amide bonds. The number of carbonyl (C=O) groups is 1. The molecule has 116 valence electrons. The number of nitrogens with zero attached hydrogens (tertiary/aromatic N) is 1. The number of hydrogen-bond acceptors (Lipinski definition) is 2. The minimum absolute atomic E-state index is 0.190. The third-order valence-corrected chi connectivity index (χ3v) is 4.55. The first-order chi connectivity index (χ1) is 10.0. The van der Waals surface area contributed by atoms with Crippen molar-refractivity contribution in [3.8, 4) is 0 Å². The van der Waals surface area contributed by atoms with Gasteiger partial charge in [0.25, 0.3) is 0 Å². The summed E-state index contributed by atoms with van der Waals surface area (Å²) in [4.78, 5) is 14.2. The Hall–Kier alpha value is -1.35. The van der Waals surface area contributed by atoms with Gasteiger partial charge in [0.1, 0.15) is 0 Å². The molecule has 2 atom stereocenters. The zero-order chi connectivity index (χ0) is 15.4. The summed E-state index contributed by atoms with van der Waals surface area (Å²) in [6.07, 6.45) is 1.49. The second-order valence-electron chi connectivity index (χ2n) is 6.60. The lowest BCUT2D eigenvalue weighted by Gasteiger charge is -2.19. The molecule has 1 aromatic carbocycles. The molecule has 1 aliphatic heterocycles. The molecule has 0 bridgehead atoms. The van der Waals surface area contributed by atoms with Crippen molar-refractivity contribution in [2.24, 2.45) is 5.92 Å². The van der Waals surface area contributed by atoms with Crippen LogP contribution in [-0.4, -0.2) is 35.6 Å². The third kappa shape index (κ3) is 4.07. The molecule has 0 aliphatic carbocycles. The van der Waals surface area contributed by atoms with Gasteiger partial charge in [-0.2, -0.15) is 0 Å². The molecule has 1 N–H and O–H groups in total. The molecule has 1 fully saturated rings. The summed E-state index contributed by atoms with van der Waals surface area (Å²) in [5.41, 5.74) is 2.56. The molecular formula is C18H27NO2. The monoisotopic (exact) mass is 289 g/mol. The summed E-state index contributed by atoms with van der Waals surface area (Å²) in [6.45, 7) is 8.19. The quantitative estimate of drug-likeness (QED) is 0.904. The van der Waals surface area contributed by atoms with Gasteiger partial charge in [0, 0.05) is 32.0 Å². The number of carbonyl (C=O) groups excluding carboxylic acids is 1. The minimum atomic E-state index is 0.190. The topological polar surface area (TPSA) is 40.5 Å². The second-order valence-corrected chi connectivity index (χ2v) is 6.60. The predicted octanol–water partition coefficient (Wildman–Crippen LogP) is 3.14. The van der Waals surface area contributed by atoms with Crippen molar-refractivity contribution in [3.05, 3.63) is 35.4 Å². The molecular weight excluding hydrogens is 262 g/mol. The summed E-state index contributed by atoms with van der Waals surface area (Å²) in [6, 6.07) is 8.62. The SMILES string of the molecule is CC(C)c1ccc(C(C)CC(=O)N2CCC(CO)C2)cc1. The Bertz CT molecular complexity index is 467. The van der Waals surface area contributed by atoms with Gasteiger partial charge in [-0.3, -0.25) is 4.79 Å². The van der Waals surface area contributed by atoms with Crippen molar-refractivity contribution in [2.45, 2.75) is 45.4 Å².